The summed E-state index contributed by atoms with van der Waals surface area (Å²) in [5.74, 6) is 0.0126. The minimum atomic E-state index is 0.0126. The molecule has 0 radical (unpaired) electrons. The maximum absolute atomic E-state index is 12.1. The quantitative estimate of drug-likeness (QED) is 0.814. The van der Waals surface area contributed by atoms with Gasteiger partial charge >= 0.3 is 0 Å². The lowest BCUT2D eigenvalue weighted by Gasteiger charge is -2.31. The number of rotatable bonds is 5. The van der Waals surface area contributed by atoms with Crippen molar-refractivity contribution in [2.24, 2.45) is 0 Å². The Kier molecular flexibility index (Phi) is 5.59. The zero-order chi connectivity index (χ0) is 15.2. The summed E-state index contributed by atoms with van der Waals surface area (Å²) < 4.78 is 5.62. The van der Waals surface area contributed by atoms with Crippen LogP contribution in [0, 0.1) is 6.92 Å². The summed E-state index contributed by atoms with van der Waals surface area (Å²) in [6.07, 6.45) is 2.35. The van der Waals surface area contributed by atoms with Crippen LogP contribution >= 0.6 is 0 Å². The summed E-state index contributed by atoms with van der Waals surface area (Å²) in [5.41, 5.74) is 8.23. The van der Waals surface area contributed by atoms with Gasteiger partial charge in [-0.25, -0.2) is 0 Å². The number of hydrogen-bond acceptors (Lipinski definition) is 4. The van der Waals surface area contributed by atoms with Gasteiger partial charge in [0.1, 0.15) is 0 Å². The zero-order valence-electron chi connectivity index (χ0n) is 12.9. The average molecular weight is 291 g/mol. The van der Waals surface area contributed by atoms with E-state index in [1.807, 2.05) is 26.0 Å². The van der Waals surface area contributed by atoms with Crippen LogP contribution in [0.1, 0.15) is 25.3 Å². The summed E-state index contributed by atoms with van der Waals surface area (Å²) in [5, 5.41) is 2.94. The largest absolute Gasteiger partial charge is 0.399 e. The van der Waals surface area contributed by atoms with Crippen LogP contribution in [0.2, 0.25) is 0 Å². The number of likely N-dealkylation sites (tertiary alicyclic amines) is 1. The summed E-state index contributed by atoms with van der Waals surface area (Å²) in [6, 6.07) is 5.55. The number of nitrogens with one attached hydrogen (secondary N) is 1. The van der Waals surface area contributed by atoms with E-state index in [2.05, 4.69) is 10.2 Å². The smallest absolute Gasteiger partial charge is 0.238 e. The van der Waals surface area contributed by atoms with Gasteiger partial charge in [-0.15, -0.1) is 0 Å². The van der Waals surface area contributed by atoms with E-state index >= 15 is 0 Å². The molecule has 1 fully saturated rings. The zero-order valence-corrected chi connectivity index (χ0v) is 12.9. The molecule has 5 nitrogen and oxygen atoms in total. The number of ether oxygens (including phenoxy) is 1. The van der Waals surface area contributed by atoms with Crippen LogP contribution in [-0.4, -0.2) is 43.2 Å². The van der Waals surface area contributed by atoms with Crippen LogP contribution in [0.15, 0.2) is 18.2 Å². The van der Waals surface area contributed by atoms with Crippen molar-refractivity contribution >= 4 is 17.3 Å². The van der Waals surface area contributed by atoms with Crippen LogP contribution in [0.25, 0.3) is 0 Å². The molecule has 0 unspecified atom stereocenters. The number of piperidine rings is 1. The molecule has 1 aromatic rings. The Balaban J connectivity index is 1.81. The lowest BCUT2D eigenvalue weighted by molar-refractivity contribution is -0.118. The third kappa shape index (κ3) is 4.72. The molecule has 1 aliphatic heterocycles. The lowest BCUT2D eigenvalue weighted by Crippen LogP contribution is -2.41. The van der Waals surface area contributed by atoms with Crippen molar-refractivity contribution < 1.29 is 9.53 Å². The van der Waals surface area contributed by atoms with Gasteiger partial charge in [-0.2, -0.15) is 0 Å². The van der Waals surface area contributed by atoms with Crippen molar-refractivity contribution in [3.8, 4) is 0 Å². The number of hydrogen-bond donors (Lipinski definition) is 2. The second-order valence-corrected chi connectivity index (χ2v) is 5.55. The molecule has 21 heavy (non-hydrogen) atoms. The maximum Gasteiger partial charge on any atom is 0.238 e. The van der Waals surface area contributed by atoms with E-state index in [4.69, 9.17) is 10.5 Å². The molecule has 1 heterocycles. The molecule has 2 rings (SSSR count). The number of nitrogens with zero attached hydrogens (tertiary/aromatic N) is 1. The number of carbonyl (C=O) groups is 1. The van der Waals surface area contributed by atoms with Crippen LogP contribution in [0.4, 0.5) is 11.4 Å². The fraction of sp³-hybridized carbons (Fsp3) is 0.562. The summed E-state index contributed by atoms with van der Waals surface area (Å²) >= 11 is 0. The molecular formula is C16H25N3O2. The first-order valence-electron chi connectivity index (χ1n) is 7.58. The first kappa shape index (κ1) is 15.8. The molecule has 1 aliphatic rings. The number of nitrogens with two attached hydrogens (primary N) is 1. The van der Waals surface area contributed by atoms with Gasteiger partial charge in [-0.1, -0.05) is 6.07 Å². The Hall–Kier alpha value is -1.59. The van der Waals surface area contributed by atoms with E-state index in [1.165, 1.54) is 0 Å². The third-order valence-electron chi connectivity index (χ3n) is 3.84. The van der Waals surface area contributed by atoms with Gasteiger partial charge in [0.05, 0.1) is 12.6 Å². The van der Waals surface area contributed by atoms with E-state index in [-0.39, 0.29) is 5.91 Å². The first-order valence-corrected chi connectivity index (χ1v) is 7.58. The number of carbonyl (C=O) groups excluding carboxylic acids is 1. The van der Waals surface area contributed by atoms with Gasteiger partial charge in [0, 0.05) is 31.1 Å². The maximum atomic E-state index is 12.1. The van der Waals surface area contributed by atoms with Gasteiger partial charge in [-0.05, 0) is 44.4 Å². The Morgan fingerprint density at radius 2 is 2.14 bits per heavy atom. The van der Waals surface area contributed by atoms with Gasteiger partial charge in [-0.3, -0.25) is 9.69 Å². The lowest BCUT2D eigenvalue weighted by atomic mass is 10.1. The van der Waals surface area contributed by atoms with Crippen LogP contribution in [-0.2, 0) is 9.53 Å². The Bertz CT molecular complexity index is 482. The van der Waals surface area contributed by atoms with E-state index in [1.54, 1.807) is 6.07 Å². The molecule has 0 atom stereocenters. The van der Waals surface area contributed by atoms with Crippen LogP contribution < -0.4 is 11.1 Å². The van der Waals surface area contributed by atoms with Crippen LogP contribution in [0.5, 0.6) is 0 Å². The molecule has 0 bridgehead atoms. The molecule has 0 aromatic heterocycles. The number of anilines is 2. The van der Waals surface area contributed by atoms with Crippen molar-refractivity contribution in [2.75, 3.05) is 37.3 Å². The summed E-state index contributed by atoms with van der Waals surface area (Å²) in [6.45, 7) is 6.99. The fourth-order valence-corrected chi connectivity index (χ4v) is 2.64. The summed E-state index contributed by atoms with van der Waals surface area (Å²) in [7, 11) is 0. The highest BCUT2D eigenvalue weighted by atomic mass is 16.5. The number of nitrogen functional groups attached to an aromatic ring is 1. The van der Waals surface area contributed by atoms with Crippen molar-refractivity contribution in [3.05, 3.63) is 23.8 Å². The van der Waals surface area contributed by atoms with Crippen molar-refractivity contribution in [1.82, 2.24) is 4.90 Å². The van der Waals surface area contributed by atoms with Gasteiger partial charge in [0.25, 0.3) is 0 Å². The number of amides is 1. The third-order valence-corrected chi connectivity index (χ3v) is 3.84. The van der Waals surface area contributed by atoms with Gasteiger partial charge in [0.2, 0.25) is 5.91 Å². The van der Waals surface area contributed by atoms with Crippen molar-refractivity contribution in [2.45, 2.75) is 32.8 Å². The minimum absolute atomic E-state index is 0.0126. The van der Waals surface area contributed by atoms with Crippen LogP contribution in [0.3, 0.4) is 0 Å². The fourth-order valence-electron chi connectivity index (χ4n) is 2.64. The summed E-state index contributed by atoms with van der Waals surface area (Å²) in [4.78, 5) is 14.3. The Labute approximate surface area is 126 Å². The molecule has 1 saturated heterocycles. The molecule has 5 heteroatoms. The van der Waals surface area contributed by atoms with Crippen molar-refractivity contribution in [3.63, 3.8) is 0 Å². The molecule has 0 saturated carbocycles. The molecule has 0 spiro atoms. The van der Waals surface area contributed by atoms with Gasteiger partial charge < -0.3 is 15.8 Å². The first-order chi connectivity index (χ1) is 10.1. The predicted octanol–water partition coefficient (Wildman–Crippen LogP) is 2.02. The van der Waals surface area contributed by atoms with E-state index in [9.17, 15) is 4.79 Å². The number of benzene rings is 1. The second kappa shape index (κ2) is 7.43. The monoisotopic (exact) mass is 291 g/mol. The highest BCUT2D eigenvalue weighted by Crippen LogP contribution is 2.18. The molecule has 0 aliphatic carbocycles. The molecule has 1 aromatic carbocycles. The molecule has 116 valence electrons. The standard InChI is InChI=1S/C16H25N3O2/c1-3-21-14-6-8-19(9-7-14)11-16(20)18-15-10-13(17)5-4-12(15)2/h4-5,10,14H,3,6-9,11,17H2,1-2H3,(H,18,20). The highest BCUT2D eigenvalue weighted by molar-refractivity contribution is 5.93. The molecular weight excluding hydrogens is 266 g/mol. The second-order valence-electron chi connectivity index (χ2n) is 5.55. The molecule has 3 N–H and O–H groups in total. The Morgan fingerprint density at radius 3 is 2.81 bits per heavy atom. The van der Waals surface area contributed by atoms with E-state index < -0.39 is 0 Å². The Morgan fingerprint density at radius 1 is 1.43 bits per heavy atom. The van der Waals surface area contributed by atoms with Gasteiger partial charge in [0.15, 0.2) is 0 Å². The van der Waals surface area contributed by atoms with Crippen molar-refractivity contribution in [1.29, 1.82) is 0 Å². The predicted molar refractivity (Wildman–Crippen MR) is 85.3 cm³/mol. The average Bonchev–Trinajstić information content (AvgIpc) is 2.45. The SMILES string of the molecule is CCOC1CCN(CC(=O)Nc2cc(N)ccc2C)CC1. The minimum Gasteiger partial charge on any atom is -0.399 e. The topological polar surface area (TPSA) is 67.6 Å². The number of aryl methyl sites for hydroxylation is 1. The van der Waals surface area contributed by atoms with E-state index in [0.717, 1.165) is 43.8 Å². The normalized spacial score (nSPS) is 16.9. The molecule has 1 amide bonds. The van der Waals surface area contributed by atoms with E-state index in [0.29, 0.717) is 18.3 Å². The highest BCUT2D eigenvalue weighted by Gasteiger charge is 2.21.